The van der Waals surface area contributed by atoms with Crippen molar-refractivity contribution in [2.45, 2.75) is 26.4 Å². The maximum Gasteiger partial charge on any atom is 0.226 e. The normalized spacial score (nSPS) is 14.0. The Morgan fingerprint density at radius 1 is 1.62 bits per heavy atom. The summed E-state index contributed by atoms with van der Waals surface area (Å²) in [5.74, 6) is -0.197. The van der Waals surface area contributed by atoms with Crippen molar-refractivity contribution in [3.63, 3.8) is 0 Å². The number of amides is 1. The molecule has 0 aliphatic rings. The van der Waals surface area contributed by atoms with Crippen LogP contribution >= 0.6 is 0 Å². The van der Waals surface area contributed by atoms with Crippen molar-refractivity contribution >= 4 is 5.91 Å². The Labute approximate surface area is 79.7 Å². The van der Waals surface area contributed by atoms with Crippen molar-refractivity contribution in [1.82, 2.24) is 4.90 Å². The van der Waals surface area contributed by atoms with Crippen LogP contribution in [0, 0.1) is 5.92 Å². The molecule has 0 aromatic heterocycles. The Morgan fingerprint density at radius 3 is 2.38 bits per heavy atom. The van der Waals surface area contributed by atoms with Gasteiger partial charge in [0.1, 0.15) is 0 Å². The first-order valence-corrected chi connectivity index (χ1v) is 4.45. The first-order valence-electron chi connectivity index (χ1n) is 4.45. The van der Waals surface area contributed by atoms with Crippen molar-refractivity contribution < 1.29 is 9.90 Å². The van der Waals surface area contributed by atoms with Crippen molar-refractivity contribution in [2.75, 3.05) is 20.1 Å². The van der Waals surface area contributed by atoms with Crippen LogP contribution in [0.4, 0.5) is 0 Å². The number of hydrogen-bond acceptors (Lipinski definition) is 3. The predicted molar refractivity (Wildman–Crippen MR) is 52.2 cm³/mol. The second-order valence-electron chi connectivity index (χ2n) is 4.14. The second kappa shape index (κ2) is 4.58. The summed E-state index contributed by atoms with van der Waals surface area (Å²) in [5, 5.41) is 9.47. The van der Waals surface area contributed by atoms with Crippen LogP contribution in [0.5, 0.6) is 0 Å². The Bertz CT molecular complexity index is 175. The highest BCUT2D eigenvalue weighted by atomic mass is 16.3. The standard InChI is InChI=1S/C9H20N2O2/c1-7(5-10)8(12)11(4)6-9(2,3)13/h7,13H,5-6,10H2,1-4H3. The maximum absolute atomic E-state index is 11.5. The van der Waals surface area contributed by atoms with Gasteiger partial charge in [0.2, 0.25) is 5.91 Å². The topological polar surface area (TPSA) is 66.6 Å². The zero-order valence-electron chi connectivity index (χ0n) is 8.87. The number of carbonyl (C=O) groups excluding carboxylic acids is 1. The van der Waals surface area contributed by atoms with E-state index in [0.717, 1.165) is 0 Å². The molecular formula is C9H20N2O2. The SMILES string of the molecule is CC(CN)C(=O)N(C)CC(C)(C)O. The molecule has 0 radical (unpaired) electrons. The minimum atomic E-state index is -0.848. The highest BCUT2D eigenvalue weighted by Crippen LogP contribution is 2.06. The number of hydrogen-bond donors (Lipinski definition) is 2. The number of nitrogens with two attached hydrogens (primary N) is 1. The van der Waals surface area contributed by atoms with Crippen LogP contribution in [-0.4, -0.2) is 41.7 Å². The van der Waals surface area contributed by atoms with Crippen molar-refractivity contribution in [3.8, 4) is 0 Å². The fraction of sp³-hybridized carbons (Fsp3) is 0.889. The number of nitrogens with zero attached hydrogens (tertiary/aromatic N) is 1. The van der Waals surface area contributed by atoms with Gasteiger partial charge in [-0.05, 0) is 13.8 Å². The monoisotopic (exact) mass is 188 g/mol. The van der Waals surface area contributed by atoms with Crippen LogP contribution in [0.2, 0.25) is 0 Å². The largest absolute Gasteiger partial charge is 0.389 e. The van der Waals surface area contributed by atoms with Gasteiger partial charge in [-0.2, -0.15) is 0 Å². The van der Waals surface area contributed by atoms with E-state index in [1.54, 1.807) is 27.8 Å². The summed E-state index contributed by atoms with van der Waals surface area (Å²) in [7, 11) is 1.67. The van der Waals surface area contributed by atoms with E-state index in [4.69, 9.17) is 5.73 Å². The molecule has 1 unspecified atom stereocenters. The Balaban J connectivity index is 4.12. The molecule has 3 N–H and O–H groups in total. The molecule has 0 saturated carbocycles. The third-order valence-corrected chi connectivity index (χ3v) is 1.78. The molecule has 1 atom stereocenters. The first kappa shape index (κ1) is 12.4. The smallest absolute Gasteiger partial charge is 0.226 e. The number of aliphatic hydroxyl groups is 1. The fourth-order valence-electron chi connectivity index (χ4n) is 1.14. The molecule has 0 fully saturated rings. The van der Waals surface area contributed by atoms with Crippen LogP contribution in [0.1, 0.15) is 20.8 Å². The summed E-state index contributed by atoms with van der Waals surface area (Å²) in [6, 6.07) is 0. The van der Waals surface area contributed by atoms with E-state index in [1.807, 2.05) is 0 Å². The molecule has 4 nitrogen and oxygen atoms in total. The summed E-state index contributed by atoms with van der Waals surface area (Å²) in [4.78, 5) is 13.0. The zero-order valence-corrected chi connectivity index (χ0v) is 8.87. The van der Waals surface area contributed by atoms with E-state index >= 15 is 0 Å². The summed E-state index contributed by atoms with van der Waals surface area (Å²) in [5.41, 5.74) is 4.52. The molecule has 0 rings (SSSR count). The Kier molecular flexibility index (Phi) is 4.36. The average Bonchev–Trinajstić information content (AvgIpc) is 1.98. The van der Waals surface area contributed by atoms with Crippen molar-refractivity contribution in [3.05, 3.63) is 0 Å². The quantitative estimate of drug-likeness (QED) is 0.642. The molecule has 78 valence electrons. The molecule has 0 heterocycles. The highest BCUT2D eigenvalue weighted by molar-refractivity contribution is 5.78. The van der Waals surface area contributed by atoms with Gasteiger partial charge >= 0.3 is 0 Å². The number of rotatable bonds is 4. The molecule has 0 spiro atoms. The molecule has 0 aromatic rings. The van der Waals surface area contributed by atoms with Crippen LogP contribution in [-0.2, 0) is 4.79 Å². The summed E-state index contributed by atoms with van der Waals surface area (Å²) < 4.78 is 0. The van der Waals surface area contributed by atoms with E-state index in [-0.39, 0.29) is 11.8 Å². The zero-order chi connectivity index (χ0) is 10.6. The van der Waals surface area contributed by atoms with Gasteiger partial charge in [-0.15, -0.1) is 0 Å². The molecular weight excluding hydrogens is 168 g/mol. The lowest BCUT2D eigenvalue weighted by atomic mass is 10.1. The minimum Gasteiger partial charge on any atom is -0.389 e. The van der Waals surface area contributed by atoms with E-state index in [0.29, 0.717) is 13.1 Å². The summed E-state index contributed by atoms with van der Waals surface area (Å²) in [6.45, 7) is 5.79. The van der Waals surface area contributed by atoms with Crippen LogP contribution in [0.25, 0.3) is 0 Å². The molecule has 0 aromatic carbocycles. The Morgan fingerprint density at radius 2 is 2.08 bits per heavy atom. The summed E-state index contributed by atoms with van der Waals surface area (Å²) in [6.07, 6.45) is 0. The van der Waals surface area contributed by atoms with Gasteiger partial charge in [0.05, 0.1) is 5.60 Å². The van der Waals surface area contributed by atoms with Gasteiger partial charge in [-0.25, -0.2) is 0 Å². The lowest BCUT2D eigenvalue weighted by Gasteiger charge is -2.27. The lowest BCUT2D eigenvalue weighted by Crippen LogP contribution is -2.43. The molecule has 0 aliphatic heterocycles. The minimum absolute atomic E-state index is 0.0235. The molecule has 1 amide bonds. The molecule has 13 heavy (non-hydrogen) atoms. The van der Waals surface area contributed by atoms with Crippen molar-refractivity contribution in [2.24, 2.45) is 11.7 Å². The van der Waals surface area contributed by atoms with Gasteiger partial charge in [0.15, 0.2) is 0 Å². The van der Waals surface area contributed by atoms with Crippen molar-refractivity contribution in [1.29, 1.82) is 0 Å². The van der Waals surface area contributed by atoms with E-state index in [2.05, 4.69) is 0 Å². The van der Waals surface area contributed by atoms with Gasteiger partial charge < -0.3 is 15.7 Å². The maximum atomic E-state index is 11.5. The van der Waals surface area contributed by atoms with Gasteiger partial charge in [-0.3, -0.25) is 4.79 Å². The number of carbonyl (C=O) groups is 1. The molecule has 0 bridgehead atoms. The molecule has 4 heteroatoms. The molecule has 0 saturated heterocycles. The Hall–Kier alpha value is -0.610. The highest BCUT2D eigenvalue weighted by Gasteiger charge is 2.22. The van der Waals surface area contributed by atoms with Crippen LogP contribution in [0.3, 0.4) is 0 Å². The fourth-order valence-corrected chi connectivity index (χ4v) is 1.14. The average molecular weight is 188 g/mol. The predicted octanol–water partition coefficient (Wildman–Crippen LogP) is -0.189. The second-order valence-corrected chi connectivity index (χ2v) is 4.14. The van der Waals surface area contributed by atoms with E-state index in [9.17, 15) is 9.90 Å². The molecule has 0 aliphatic carbocycles. The lowest BCUT2D eigenvalue weighted by molar-refractivity contribution is -0.136. The van der Waals surface area contributed by atoms with E-state index in [1.165, 1.54) is 4.90 Å². The van der Waals surface area contributed by atoms with Crippen LogP contribution < -0.4 is 5.73 Å². The third-order valence-electron chi connectivity index (χ3n) is 1.78. The van der Waals surface area contributed by atoms with Gasteiger partial charge in [0.25, 0.3) is 0 Å². The first-order chi connectivity index (χ1) is 5.78. The summed E-state index contributed by atoms with van der Waals surface area (Å²) >= 11 is 0. The van der Waals surface area contributed by atoms with Gasteiger partial charge in [0, 0.05) is 26.1 Å². The third kappa shape index (κ3) is 4.85. The van der Waals surface area contributed by atoms with Gasteiger partial charge in [-0.1, -0.05) is 6.92 Å². The van der Waals surface area contributed by atoms with E-state index < -0.39 is 5.60 Å². The van der Waals surface area contributed by atoms with Crippen LogP contribution in [0.15, 0.2) is 0 Å². The number of likely N-dealkylation sites (N-methyl/N-ethyl adjacent to an activating group) is 1.